The molecule has 0 atom stereocenters. The fraction of sp³-hybridized carbons (Fsp3) is 0.889. The van der Waals surface area contributed by atoms with E-state index in [1.54, 1.807) is 20.8 Å². The molecule has 5 nitrogen and oxygen atoms in total. The van der Waals surface area contributed by atoms with Gasteiger partial charge in [0.05, 0.1) is 6.54 Å². The Morgan fingerprint density at radius 1 is 1.33 bits per heavy atom. The minimum atomic E-state index is -3.51. The monoisotopic (exact) mass is 234 g/mol. The van der Waals surface area contributed by atoms with Crippen molar-refractivity contribution >= 4 is 16.0 Å². The summed E-state index contributed by atoms with van der Waals surface area (Å²) < 4.78 is 27.4. The first-order valence-corrected chi connectivity index (χ1v) is 6.45. The molecule has 0 aromatic rings. The van der Waals surface area contributed by atoms with Crippen LogP contribution in [0.1, 0.15) is 33.6 Å². The number of carbonyl (C=O) groups excluding carboxylic acids is 1. The van der Waals surface area contributed by atoms with Gasteiger partial charge in [0, 0.05) is 18.5 Å². The van der Waals surface area contributed by atoms with E-state index in [0.717, 1.165) is 0 Å². The largest absolute Gasteiger partial charge is 0.298 e. The molecule has 0 amide bonds. The number of nitrogens with one attached hydrogen (secondary N) is 1. The van der Waals surface area contributed by atoms with Crippen LogP contribution < -0.4 is 4.72 Å². The number of carbonyl (C=O) groups is 1. The van der Waals surface area contributed by atoms with Crippen LogP contribution in [0.25, 0.3) is 0 Å². The number of rotatable bonds is 2. The molecule has 0 aromatic heterocycles. The molecule has 1 saturated heterocycles. The molecule has 88 valence electrons. The molecule has 0 spiro atoms. The molecule has 1 aliphatic rings. The quantitative estimate of drug-likeness (QED) is 0.746. The van der Waals surface area contributed by atoms with Gasteiger partial charge in [-0.25, -0.2) is 0 Å². The minimum Gasteiger partial charge on any atom is -0.298 e. The number of nitrogens with zero attached hydrogens (tertiary/aromatic N) is 1. The van der Waals surface area contributed by atoms with Gasteiger partial charge in [-0.3, -0.25) is 4.79 Å². The van der Waals surface area contributed by atoms with Crippen molar-refractivity contribution in [1.29, 1.82) is 0 Å². The summed E-state index contributed by atoms with van der Waals surface area (Å²) in [5, 5.41) is 0. The maximum atomic E-state index is 11.8. The summed E-state index contributed by atoms with van der Waals surface area (Å²) in [6.07, 6.45) is 1.10. The van der Waals surface area contributed by atoms with Gasteiger partial charge in [0.1, 0.15) is 5.78 Å². The van der Waals surface area contributed by atoms with Crippen LogP contribution >= 0.6 is 0 Å². The van der Waals surface area contributed by atoms with Gasteiger partial charge in [-0.2, -0.15) is 17.4 Å². The number of hydrogen-bond donors (Lipinski definition) is 1. The fourth-order valence-electron chi connectivity index (χ4n) is 1.46. The van der Waals surface area contributed by atoms with Crippen molar-refractivity contribution in [2.75, 3.05) is 13.1 Å². The van der Waals surface area contributed by atoms with Crippen molar-refractivity contribution in [3.63, 3.8) is 0 Å². The van der Waals surface area contributed by atoms with Crippen molar-refractivity contribution in [3.05, 3.63) is 0 Å². The first kappa shape index (κ1) is 12.6. The van der Waals surface area contributed by atoms with E-state index in [2.05, 4.69) is 4.72 Å². The Kier molecular flexibility index (Phi) is 3.52. The van der Waals surface area contributed by atoms with Crippen LogP contribution in [0.15, 0.2) is 0 Å². The van der Waals surface area contributed by atoms with Crippen LogP contribution in [0.4, 0.5) is 0 Å². The lowest BCUT2D eigenvalue weighted by Crippen LogP contribution is -2.51. The first-order valence-electron chi connectivity index (χ1n) is 5.01. The van der Waals surface area contributed by atoms with Crippen LogP contribution in [-0.2, 0) is 15.0 Å². The summed E-state index contributed by atoms with van der Waals surface area (Å²) in [5.41, 5.74) is -0.515. The highest BCUT2D eigenvalue weighted by Crippen LogP contribution is 2.12. The van der Waals surface area contributed by atoms with Gasteiger partial charge < -0.3 is 0 Å². The third-order valence-corrected chi connectivity index (χ3v) is 3.85. The second kappa shape index (κ2) is 4.19. The topological polar surface area (TPSA) is 66.5 Å². The summed E-state index contributed by atoms with van der Waals surface area (Å²) in [4.78, 5) is 11.2. The average molecular weight is 234 g/mol. The number of ketones is 1. The fourth-order valence-corrected chi connectivity index (χ4v) is 3.05. The van der Waals surface area contributed by atoms with E-state index < -0.39 is 15.7 Å². The average Bonchev–Trinajstić information content (AvgIpc) is 1.99. The molecular weight excluding hydrogens is 216 g/mol. The van der Waals surface area contributed by atoms with Crippen LogP contribution in [-0.4, -0.2) is 37.1 Å². The summed E-state index contributed by atoms with van der Waals surface area (Å²) in [7, 11) is -3.51. The smallest absolute Gasteiger partial charge is 0.280 e. The molecule has 0 bridgehead atoms. The van der Waals surface area contributed by atoms with E-state index >= 15 is 0 Å². The van der Waals surface area contributed by atoms with E-state index in [4.69, 9.17) is 0 Å². The van der Waals surface area contributed by atoms with Gasteiger partial charge in [-0.15, -0.1) is 0 Å². The highest BCUT2D eigenvalue weighted by molar-refractivity contribution is 7.87. The molecule has 0 unspecified atom stereocenters. The maximum Gasteiger partial charge on any atom is 0.280 e. The highest BCUT2D eigenvalue weighted by Gasteiger charge is 2.30. The molecular formula is C9H18N2O3S. The van der Waals surface area contributed by atoms with E-state index in [0.29, 0.717) is 19.4 Å². The number of Topliss-reactive ketones (excluding diaryl/α,β-unsaturated/α-hetero) is 1. The lowest BCUT2D eigenvalue weighted by atomic mass is 10.1. The predicted octanol–water partition coefficient (Wildman–Crippen LogP) is 0.284. The van der Waals surface area contributed by atoms with Crippen LogP contribution in [0.5, 0.6) is 0 Å². The van der Waals surface area contributed by atoms with Gasteiger partial charge in [-0.05, 0) is 27.2 Å². The van der Waals surface area contributed by atoms with E-state index in [1.807, 2.05) is 0 Å². The van der Waals surface area contributed by atoms with Gasteiger partial charge in [0.15, 0.2) is 0 Å². The Morgan fingerprint density at radius 3 is 2.40 bits per heavy atom. The summed E-state index contributed by atoms with van der Waals surface area (Å²) in [6, 6.07) is 0. The van der Waals surface area contributed by atoms with Crippen LogP contribution in [0.2, 0.25) is 0 Å². The molecule has 1 aliphatic heterocycles. The van der Waals surface area contributed by atoms with Crippen molar-refractivity contribution in [2.24, 2.45) is 0 Å². The van der Waals surface area contributed by atoms with E-state index in [9.17, 15) is 13.2 Å². The van der Waals surface area contributed by atoms with Gasteiger partial charge >= 0.3 is 0 Å². The zero-order chi connectivity index (χ0) is 11.7. The highest BCUT2D eigenvalue weighted by atomic mass is 32.2. The van der Waals surface area contributed by atoms with Gasteiger partial charge in [0.2, 0.25) is 0 Å². The number of hydrogen-bond acceptors (Lipinski definition) is 3. The molecule has 1 rings (SSSR count). The van der Waals surface area contributed by atoms with Gasteiger partial charge in [0.25, 0.3) is 10.2 Å². The molecule has 15 heavy (non-hydrogen) atoms. The second-order valence-corrected chi connectivity index (χ2v) is 6.50. The SMILES string of the molecule is CC(C)(C)NS(=O)(=O)N1CCCC(=O)C1. The van der Waals surface area contributed by atoms with Crippen molar-refractivity contribution in [2.45, 2.75) is 39.2 Å². The molecule has 0 aromatic carbocycles. The molecule has 0 radical (unpaired) electrons. The van der Waals surface area contributed by atoms with Crippen molar-refractivity contribution < 1.29 is 13.2 Å². The minimum absolute atomic E-state index is 0.00537. The van der Waals surface area contributed by atoms with E-state index in [-0.39, 0.29) is 12.3 Å². The zero-order valence-corrected chi connectivity index (χ0v) is 10.2. The number of piperidine rings is 1. The zero-order valence-electron chi connectivity index (χ0n) is 9.41. The summed E-state index contributed by atoms with van der Waals surface area (Å²) in [6.45, 7) is 5.76. The predicted molar refractivity (Wildman–Crippen MR) is 57.6 cm³/mol. The van der Waals surface area contributed by atoms with E-state index in [1.165, 1.54) is 4.31 Å². The Morgan fingerprint density at radius 2 is 1.93 bits per heavy atom. The second-order valence-electron chi connectivity index (χ2n) is 4.83. The molecule has 1 fully saturated rings. The molecule has 1 heterocycles. The molecule has 0 aliphatic carbocycles. The van der Waals surface area contributed by atoms with Gasteiger partial charge in [-0.1, -0.05) is 0 Å². The summed E-state index contributed by atoms with van der Waals surface area (Å²) >= 11 is 0. The van der Waals surface area contributed by atoms with Crippen LogP contribution in [0.3, 0.4) is 0 Å². The Hall–Kier alpha value is -0.460. The standard InChI is InChI=1S/C9H18N2O3S/c1-9(2,3)10-15(13,14)11-6-4-5-8(12)7-11/h10H,4-7H2,1-3H3. The Balaban J connectivity index is 2.73. The maximum absolute atomic E-state index is 11.8. The molecule has 0 saturated carbocycles. The first-order chi connectivity index (χ1) is 6.71. The molecule has 1 N–H and O–H groups in total. The van der Waals surface area contributed by atoms with Crippen molar-refractivity contribution in [3.8, 4) is 0 Å². The normalized spacial score (nSPS) is 20.6. The Bertz CT molecular complexity index is 343. The summed E-state index contributed by atoms with van der Waals surface area (Å²) in [5.74, 6) is -0.0134. The lowest BCUT2D eigenvalue weighted by molar-refractivity contribution is -0.120. The third-order valence-electron chi connectivity index (χ3n) is 1.99. The Labute approximate surface area is 91.0 Å². The lowest BCUT2D eigenvalue weighted by Gasteiger charge is -2.29. The van der Waals surface area contributed by atoms with Crippen molar-refractivity contribution in [1.82, 2.24) is 9.03 Å². The van der Waals surface area contributed by atoms with Crippen LogP contribution in [0, 0.1) is 0 Å². The molecule has 6 heteroatoms. The third kappa shape index (κ3) is 3.89.